The molecule has 3 aromatic heterocycles. The van der Waals surface area contributed by atoms with E-state index >= 15 is 0 Å². The molecule has 0 saturated carbocycles. The molecule has 3 heterocycles. The van der Waals surface area contributed by atoms with E-state index in [1.54, 1.807) is 0 Å². The quantitative estimate of drug-likeness (QED) is 0.150. The molecule has 0 aliphatic heterocycles. The van der Waals surface area contributed by atoms with E-state index in [0.29, 0.717) is 11.5 Å². The van der Waals surface area contributed by atoms with Crippen molar-refractivity contribution < 1.29 is 25.8 Å². The molecule has 0 spiro atoms. The third-order valence-electron chi connectivity index (χ3n) is 9.59. The van der Waals surface area contributed by atoms with Crippen LogP contribution < -0.4 is 4.74 Å². The molecule has 0 radical (unpaired) electrons. The Morgan fingerprint density at radius 2 is 1.33 bits per heavy atom. The second-order valence-corrected chi connectivity index (χ2v) is 14.3. The van der Waals surface area contributed by atoms with Crippen molar-refractivity contribution in [3.8, 4) is 34.4 Å². The molecule has 0 bridgehead atoms. The number of benzene rings is 5. The van der Waals surface area contributed by atoms with Crippen LogP contribution >= 0.6 is 0 Å². The van der Waals surface area contributed by atoms with Crippen molar-refractivity contribution in [3.05, 3.63) is 169 Å². The van der Waals surface area contributed by atoms with Gasteiger partial charge in [-0.3, -0.25) is 4.98 Å². The average Bonchev–Trinajstić information content (AvgIpc) is 3.75. The van der Waals surface area contributed by atoms with E-state index in [-0.39, 0.29) is 31.9 Å². The molecule has 8 rings (SSSR count). The molecular weight excluding hydrogens is 808 g/mol. The second kappa shape index (κ2) is 13.5. The summed E-state index contributed by atoms with van der Waals surface area (Å²) in [7, 11) is 0. The Labute approximate surface area is 313 Å². The van der Waals surface area contributed by atoms with Crippen molar-refractivity contribution in [2.45, 2.75) is 45.4 Å². The molecule has 8 aromatic rings. The number of hydrogen-bond donors (Lipinski definition) is 0. The van der Waals surface area contributed by atoms with E-state index < -0.39 is 0 Å². The number of pyridine rings is 1. The minimum absolute atomic E-state index is 0. The summed E-state index contributed by atoms with van der Waals surface area (Å²) < 4.78 is 11.0. The number of imidazole rings is 1. The van der Waals surface area contributed by atoms with Gasteiger partial charge < -0.3 is 13.9 Å². The number of hydrogen-bond acceptors (Lipinski definition) is 3. The van der Waals surface area contributed by atoms with Crippen LogP contribution in [0.25, 0.3) is 44.7 Å². The number of fused-ring (bicyclic) bond motifs is 3. The first-order chi connectivity index (χ1) is 24.2. The molecule has 0 aliphatic carbocycles. The Kier molecular flexibility index (Phi) is 9.03. The van der Waals surface area contributed by atoms with Gasteiger partial charge in [-0.1, -0.05) is 119 Å². The molecule has 254 valence electrons. The monoisotopic (exact) mass is 845 g/mol. The largest absolute Gasteiger partial charge is 2.00 e. The van der Waals surface area contributed by atoms with Crippen LogP contribution in [0.5, 0.6) is 11.5 Å². The molecule has 0 fully saturated rings. The van der Waals surface area contributed by atoms with Crippen LogP contribution in [0.1, 0.15) is 51.3 Å². The molecule has 0 saturated heterocycles. The van der Waals surface area contributed by atoms with E-state index in [9.17, 15) is 0 Å². The molecule has 0 unspecified atom stereocenters. The molecule has 5 nitrogen and oxygen atoms in total. The molecule has 0 aliphatic rings. The van der Waals surface area contributed by atoms with E-state index in [4.69, 9.17) is 14.7 Å². The summed E-state index contributed by atoms with van der Waals surface area (Å²) in [5.74, 6) is 2.83. The summed E-state index contributed by atoms with van der Waals surface area (Å²) in [6.07, 6.45) is 5.71. The van der Waals surface area contributed by atoms with Gasteiger partial charge in [-0.2, -0.15) is 6.07 Å². The molecular formula is C45H38N4OPt. The first-order valence-corrected chi connectivity index (χ1v) is 17.0. The molecule has 0 atom stereocenters. The second-order valence-electron chi connectivity index (χ2n) is 14.3. The van der Waals surface area contributed by atoms with Gasteiger partial charge >= 0.3 is 21.1 Å². The molecule has 5 aromatic carbocycles. The normalized spacial score (nSPS) is 11.9. The topological polar surface area (TPSA) is 44.9 Å². The Bertz CT molecular complexity index is 2470. The summed E-state index contributed by atoms with van der Waals surface area (Å²) in [5, 5.41) is 2.23. The number of aromatic nitrogens is 4. The van der Waals surface area contributed by atoms with Crippen molar-refractivity contribution in [2.75, 3.05) is 0 Å². The maximum absolute atomic E-state index is 6.73. The molecule has 6 heteroatoms. The molecule has 51 heavy (non-hydrogen) atoms. The minimum atomic E-state index is -0.322. The summed E-state index contributed by atoms with van der Waals surface area (Å²) in [6, 6.07) is 49.1. The van der Waals surface area contributed by atoms with Gasteiger partial charge in [0.15, 0.2) is 0 Å². The number of rotatable bonds is 7. The maximum Gasteiger partial charge on any atom is 2.00 e. The summed E-state index contributed by atoms with van der Waals surface area (Å²) in [4.78, 5) is 9.64. The van der Waals surface area contributed by atoms with Gasteiger partial charge in [0, 0.05) is 41.3 Å². The zero-order valence-corrected chi connectivity index (χ0v) is 31.6. The van der Waals surface area contributed by atoms with E-state index in [2.05, 4.69) is 153 Å². The van der Waals surface area contributed by atoms with Gasteiger partial charge in [0.1, 0.15) is 5.82 Å². The van der Waals surface area contributed by atoms with E-state index in [1.807, 2.05) is 42.9 Å². The van der Waals surface area contributed by atoms with Gasteiger partial charge in [0.25, 0.3) is 0 Å². The molecule has 0 amide bonds. The fraction of sp³-hybridized carbons (Fsp3) is 0.156. The van der Waals surface area contributed by atoms with Gasteiger partial charge in [0.2, 0.25) is 0 Å². The van der Waals surface area contributed by atoms with E-state index in [1.165, 1.54) is 11.1 Å². The first kappa shape index (κ1) is 34.2. The number of para-hydroxylation sites is 2. The average molecular weight is 846 g/mol. The van der Waals surface area contributed by atoms with Crippen molar-refractivity contribution in [1.82, 2.24) is 19.1 Å². The smallest absolute Gasteiger partial charge is 0.503 e. The Morgan fingerprint density at radius 3 is 2.10 bits per heavy atom. The van der Waals surface area contributed by atoms with Crippen LogP contribution in [0.15, 0.2) is 140 Å². The fourth-order valence-electron chi connectivity index (χ4n) is 6.70. The molecule has 0 N–H and O–H groups in total. The van der Waals surface area contributed by atoms with Gasteiger partial charge in [0.05, 0.1) is 5.82 Å². The summed E-state index contributed by atoms with van der Waals surface area (Å²) in [6.45, 7) is 11.1. The van der Waals surface area contributed by atoms with Crippen molar-refractivity contribution in [2.24, 2.45) is 0 Å². The fourth-order valence-corrected chi connectivity index (χ4v) is 6.70. The van der Waals surface area contributed by atoms with Crippen LogP contribution in [-0.2, 0) is 31.9 Å². The van der Waals surface area contributed by atoms with Crippen molar-refractivity contribution >= 4 is 21.8 Å². The van der Waals surface area contributed by atoms with Gasteiger partial charge in [-0.05, 0) is 57.7 Å². The maximum atomic E-state index is 6.73. The van der Waals surface area contributed by atoms with Crippen molar-refractivity contribution in [1.29, 1.82) is 0 Å². The third-order valence-corrected chi connectivity index (χ3v) is 9.59. The Hall–Kier alpha value is -5.25. The summed E-state index contributed by atoms with van der Waals surface area (Å²) in [5.41, 5.74) is 7.02. The zero-order chi connectivity index (χ0) is 34.5. The van der Waals surface area contributed by atoms with Crippen LogP contribution in [0.3, 0.4) is 0 Å². The van der Waals surface area contributed by atoms with E-state index in [0.717, 1.165) is 50.3 Å². The predicted octanol–water partition coefficient (Wildman–Crippen LogP) is 11.0. The summed E-state index contributed by atoms with van der Waals surface area (Å²) >= 11 is 0. The minimum Gasteiger partial charge on any atom is -0.503 e. The van der Waals surface area contributed by atoms with Gasteiger partial charge in [-0.25, -0.2) is 4.98 Å². The van der Waals surface area contributed by atoms with Gasteiger partial charge in [-0.15, -0.1) is 34.7 Å². The number of ether oxygens (including phenoxy) is 1. The third kappa shape index (κ3) is 6.43. The zero-order valence-electron chi connectivity index (χ0n) is 29.3. The van der Waals surface area contributed by atoms with Crippen molar-refractivity contribution in [3.63, 3.8) is 0 Å². The Morgan fingerprint density at radius 1 is 0.608 bits per heavy atom. The van der Waals surface area contributed by atoms with Crippen LogP contribution in [-0.4, -0.2) is 19.1 Å². The SMILES string of the molecule is CC(C)(C)c1ccnc(-n2c3[c-]c(Oc4[c-]c(-c5nccn5-c5ccccc5)cc(C(C)(C)c5ccccc5)c4)ccc3c3ccccc32)c1.[Pt+2]. The van der Waals surface area contributed by atoms with Crippen LogP contribution in [0.2, 0.25) is 0 Å². The predicted molar refractivity (Wildman–Crippen MR) is 203 cm³/mol. The Balaban J connectivity index is 0.00000406. The van der Waals surface area contributed by atoms with Crippen LogP contribution in [0, 0.1) is 12.1 Å². The standard InChI is InChI=1S/C45H38N4O.Pt/c1-44(2,3)33-22-23-46-42(29-33)49-40-19-13-12-18-38(40)39-21-20-36(30-41(39)49)50-37-27-31(43-47-24-25-48(43)35-16-10-7-11-17-35)26-34(28-37)45(4,5)32-14-8-6-9-15-32;/h6-26,28-29H,1-5H3;/q-2;+2. The first-order valence-electron chi connectivity index (χ1n) is 17.0. The number of nitrogens with zero attached hydrogens (tertiary/aromatic N) is 4. The van der Waals surface area contributed by atoms with Crippen LogP contribution in [0.4, 0.5) is 0 Å².